The maximum Gasteiger partial charge on any atom is 0.313 e. The topological polar surface area (TPSA) is 58.4 Å². The minimum Gasteiger partial charge on any atom is -0.481 e. The van der Waals surface area contributed by atoms with Gasteiger partial charge in [-0.1, -0.05) is 18.7 Å². The van der Waals surface area contributed by atoms with Gasteiger partial charge in [0.25, 0.3) is 0 Å². The first-order valence-corrected chi connectivity index (χ1v) is 8.30. The molecule has 3 fully saturated rings. The van der Waals surface area contributed by atoms with Gasteiger partial charge in [0, 0.05) is 18.4 Å². The molecule has 0 radical (unpaired) electrons. The van der Waals surface area contributed by atoms with Gasteiger partial charge in [0.2, 0.25) is 0 Å². The maximum absolute atomic E-state index is 10.8. The molecule has 1 unspecified atom stereocenters. The van der Waals surface area contributed by atoms with Crippen LogP contribution in [0.3, 0.4) is 0 Å². The van der Waals surface area contributed by atoms with Gasteiger partial charge in [0.15, 0.2) is 5.16 Å². The highest BCUT2D eigenvalue weighted by molar-refractivity contribution is 7.99. The third-order valence-corrected chi connectivity index (χ3v) is 5.43. The second kappa shape index (κ2) is 5.77. The van der Waals surface area contributed by atoms with Crippen molar-refractivity contribution in [3.63, 3.8) is 0 Å². The highest BCUT2D eigenvalue weighted by atomic mass is 32.2. The molecular formula is C14H21N3O2S. The summed E-state index contributed by atoms with van der Waals surface area (Å²) in [6, 6.07) is 0.478. The molecule has 3 aliphatic heterocycles. The smallest absolute Gasteiger partial charge is 0.313 e. The zero-order valence-corrected chi connectivity index (χ0v) is 12.6. The first-order valence-electron chi connectivity index (χ1n) is 7.32. The summed E-state index contributed by atoms with van der Waals surface area (Å²) in [5.41, 5.74) is 1.23. The standard InChI is InChI=1S/C14H21N3O2S/c1-2-11-7-15-14(20-9-13(18)19)17(11)12-8-16-5-3-10(12)4-6-16/h7,10,12H,2-6,8-9H2,1H3,(H,18,19). The van der Waals surface area contributed by atoms with Crippen LogP contribution in [0.1, 0.15) is 31.5 Å². The van der Waals surface area contributed by atoms with E-state index in [4.69, 9.17) is 5.11 Å². The number of carboxylic acids is 1. The molecule has 6 heteroatoms. The zero-order chi connectivity index (χ0) is 14.1. The van der Waals surface area contributed by atoms with Gasteiger partial charge in [0.05, 0.1) is 11.8 Å². The van der Waals surface area contributed by atoms with Gasteiger partial charge >= 0.3 is 5.97 Å². The quantitative estimate of drug-likeness (QED) is 0.841. The van der Waals surface area contributed by atoms with Crippen LogP contribution >= 0.6 is 11.8 Å². The van der Waals surface area contributed by atoms with Gasteiger partial charge in [-0.15, -0.1) is 0 Å². The zero-order valence-electron chi connectivity index (χ0n) is 11.8. The number of aromatic nitrogens is 2. The van der Waals surface area contributed by atoms with Crippen LogP contribution in [0.4, 0.5) is 0 Å². The Bertz CT molecular complexity index is 495. The fourth-order valence-corrected chi connectivity index (χ4v) is 4.22. The van der Waals surface area contributed by atoms with Gasteiger partial charge in [-0.05, 0) is 38.3 Å². The van der Waals surface area contributed by atoms with Crippen molar-refractivity contribution in [2.24, 2.45) is 5.92 Å². The number of aliphatic carboxylic acids is 1. The number of thioether (sulfide) groups is 1. The number of rotatable bonds is 5. The van der Waals surface area contributed by atoms with E-state index in [0.29, 0.717) is 6.04 Å². The Hall–Kier alpha value is -1.01. The molecule has 4 rings (SSSR count). The maximum atomic E-state index is 10.8. The molecule has 0 aliphatic carbocycles. The molecule has 1 aromatic rings. The van der Waals surface area contributed by atoms with Crippen LogP contribution in [-0.2, 0) is 11.2 Å². The first kappa shape index (κ1) is 13.9. The molecule has 2 bridgehead atoms. The summed E-state index contributed by atoms with van der Waals surface area (Å²) in [7, 11) is 0. The summed E-state index contributed by atoms with van der Waals surface area (Å²) in [4.78, 5) is 17.8. The largest absolute Gasteiger partial charge is 0.481 e. The number of nitrogens with zero attached hydrogens (tertiary/aromatic N) is 3. The predicted octanol–water partition coefficient (Wildman–Crippen LogP) is 1.89. The summed E-state index contributed by atoms with van der Waals surface area (Å²) < 4.78 is 2.32. The minimum atomic E-state index is -0.781. The molecule has 1 aromatic heterocycles. The van der Waals surface area contributed by atoms with E-state index in [2.05, 4.69) is 21.4 Å². The van der Waals surface area contributed by atoms with Crippen LogP contribution in [0.25, 0.3) is 0 Å². The fourth-order valence-electron chi connectivity index (χ4n) is 3.45. The number of aryl methyl sites for hydroxylation is 1. The Morgan fingerprint density at radius 3 is 2.80 bits per heavy atom. The molecule has 3 saturated heterocycles. The summed E-state index contributed by atoms with van der Waals surface area (Å²) >= 11 is 1.35. The molecule has 20 heavy (non-hydrogen) atoms. The Morgan fingerprint density at radius 2 is 2.25 bits per heavy atom. The minimum absolute atomic E-state index is 0.0846. The van der Waals surface area contributed by atoms with Crippen molar-refractivity contribution in [1.82, 2.24) is 14.5 Å². The van der Waals surface area contributed by atoms with E-state index in [1.807, 2.05) is 6.20 Å². The highest BCUT2D eigenvalue weighted by Crippen LogP contribution is 2.38. The van der Waals surface area contributed by atoms with Crippen molar-refractivity contribution in [2.45, 2.75) is 37.4 Å². The van der Waals surface area contributed by atoms with E-state index in [-0.39, 0.29) is 5.75 Å². The molecule has 5 nitrogen and oxygen atoms in total. The lowest BCUT2D eigenvalue weighted by Gasteiger charge is -2.46. The van der Waals surface area contributed by atoms with E-state index < -0.39 is 5.97 Å². The van der Waals surface area contributed by atoms with E-state index in [9.17, 15) is 4.79 Å². The normalized spacial score (nSPS) is 28.8. The van der Waals surface area contributed by atoms with Crippen molar-refractivity contribution < 1.29 is 9.90 Å². The van der Waals surface area contributed by atoms with Crippen molar-refractivity contribution in [3.05, 3.63) is 11.9 Å². The molecule has 0 spiro atoms. The molecule has 0 aromatic carbocycles. The van der Waals surface area contributed by atoms with E-state index in [1.54, 1.807) is 0 Å². The predicted molar refractivity (Wildman–Crippen MR) is 78.2 cm³/mol. The Kier molecular flexibility index (Phi) is 4.03. The Morgan fingerprint density at radius 1 is 1.50 bits per heavy atom. The number of piperidine rings is 3. The summed E-state index contributed by atoms with van der Waals surface area (Å²) in [6.45, 7) is 5.67. The fraction of sp³-hybridized carbons (Fsp3) is 0.714. The number of hydrogen-bond donors (Lipinski definition) is 1. The average Bonchev–Trinajstić information content (AvgIpc) is 2.89. The summed E-state index contributed by atoms with van der Waals surface area (Å²) in [5, 5.41) is 9.76. The van der Waals surface area contributed by atoms with Crippen molar-refractivity contribution in [3.8, 4) is 0 Å². The van der Waals surface area contributed by atoms with Gasteiger partial charge in [0.1, 0.15) is 0 Å². The third kappa shape index (κ3) is 2.59. The molecular weight excluding hydrogens is 274 g/mol. The van der Waals surface area contributed by atoms with Gasteiger partial charge < -0.3 is 14.6 Å². The molecule has 0 saturated carbocycles. The van der Waals surface area contributed by atoms with Gasteiger partial charge in [-0.25, -0.2) is 4.98 Å². The number of hydrogen-bond acceptors (Lipinski definition) is 4. The Balaban J connectivity index is 1.86. The molecule has 1 N–H and O–H groups in total. The van der Waals surface area contributed by atoms with Crippen molar-refractivity contribution in [1.29, 1.82) is 0 Å². The summed E-state index contributed by atoms with van der Waals surface area (Å²) in [6.07, 6.45) is 5.38. The number of fused-ring (bicyclic) bond motifs is 3. The number of imidazole rings is 1. The Labute approximate surface area is 123 Å². The lowest BCUT2D eigenvalue weighted by Crippen LogP contribution is -2.48. The van der Waals surface area contributed by atoms with Crippen LogP contribution in [-0.4, -0.2) is 50.9 Å². The van der Waals surface area contributed by atoms with Crippen LogP contribution in [0.5, 0.6) is 0 Å². The molecule has 3 aliphatic rings. The van der Waals surface area contributed by atoms with E-state index in [0.717, 1.165) is 24.0 Å². The summed E-state index contributed by atoms with van der Waals surface area (Å²) in [5.74, 6) is 0.0292. The lowest BCUT2D eigenvalue weighted by molar-refractivity contribution is -0.133. The van der Waals surface area contributed by atoms with Crippen molar-refractivity contribution in [2.75, 3.05) is 25.4 Å². The van der Waals surface area contributed by atoms with E-state index >= 15 is 0 Å². The highest BCUT2D eigenvalue weighted by Gasteiger charge is 2.36. The molecule has 4 heterocycles. The number of carbonyl (C=O) groups is 1. The first-order chi connectivity index (χ1) is 9.69. The molecule has 110 valence electrons. The van der Waals surface area contributed by atoms with Gasteiger partial charge in [-0.3, -0.25) is 4.79 Å². The van der Waals surface area contributed by atoms with Crippen LogP contribution in [0, 0.1) is 5.92 Å². The average molecular weight is 295 g/mol. The second-order valence-corrected chi connectivity index (χ2v) is 6.59. The van der Waals surface area contributed by atoms with Gasteiger partial charge in [-0.2, -0.15) is 0 Å². The SMILES string of the molecule is CCc1cnc(SCC(=O)O)n1C1CN2CCC1CC2. The molecule has 1 atom stereocenters. The molecule has 0 amide bonds. The lowest BCUT2D eigenvalue weighted by atomic mass is 9.84. The number of carboxylic acid groups (broad SMARTS) is 1. The van der Waals surface area contributed by atoms with Crippen LogP contribution < -0.4 is 0 Å². The van der Waals surface area contributed by atoms with E-state index in [1.165, 1.54) is 43.4 Å². The third-order valence-electron chi connectivity index (χ3n) is 4.48. The van der Waals surface area contributed by atoms with Crippen molar-refractivity contribution >= 4 is 17.7 Å². The van der Waals surface area contributed by atoms with Crippen LogP contribution in [0.15, 0.2) is 11.4 Å². The second-order valence-electron chi connectivity index (χ2n) is 5.64. The van der Waals surface area contributed by atoms with Crippen LogP contribution in [0.2, 0.25) is 0 Å². The monoisotopic (exact) mass is 295 g/mol.